The number of guanidine groups is 1. The van der Waals surface area contributed by atoms with Gasteiger partial charge in [-0.3, -0.25) is 9.67 Å². The quantitative estimate of drug-likeness (QED) is 0.333. The predicted octanol–water partition coefficient (Wildman–Crippen LogP) is 3.18. The Hall–Kier alpha value is -2.36. The van der Waals surface area contributed by atoms with Crippen LogP contribution in [-0.2, 0) is 20.1 Å². The maximum atomic E-state index is 5.56. The van der Waals surface area contributed by atoms with Crippen LogP contribution in [0, 0.1) is 13.8 Å². The van der Waals surface area contributed by atoms with Gasteiger partial charge in [-0.2, -0.15) is 5.10 Å². The van der Waals surface area contributed by atoms with Gasteiger partial charge in [0.25, 0.3) is 0 Å². The van der Waals surface area contributed by atoms with E-state index in [4.69, 9.17) is 4.42 Å². The van der Waals surface area contributed by atoms with Crippen LogP contribution in [0.2, 0.25) is 0 Å². The van der Waals surface area contributed by atoms with E-state index in [-0.39, 0.29) is 24.0 Å². The summed E-state index contributed by atoms with van der Waals surface area (Å²) in [5.74, 6) is 1.32. The van der Waals surface area contributed by atoms with Crippen molar-refractivity contribution in [2.45, 2.75) is 26.9 Å². The largest absolute Gasteiger partial charge is 0.444 e. The summed E-state index contributed by atoms with van der Waals surface area (Å²) in [6.45, 7) is 5.27. The zero-order chi connectivity index (χ0) is 18.5. The maximum absolute atomic E-state index is 5.56. The summed E-state index contributed by atoms with van der Waals surface area (Å²) < 4.78 is 7.45. The lowest BCUT2D eigenvalue weighted by atomic mass is 10.2. The number of nitrogens with one attached hydrogen (secondary N) is 2. The molecule has 8 heteroatoms. The molecule has 0 atom stereocenters. The molecule has 0 aliphatic rings. The highest BCUT2D eigenvalue weighted by atomic mass is 127. The molecule has 0 bridgehead atoms. The number of benzene rings is 1. The molecule has 27 heavy (non-hydrogen) atoms. The summed E-state index contributed by atoms with van der Waals surface area (Å²) in [4.78, 5) is 8.77. The van der Waals surface area contributed by atoms with E-state index in [1.807, 2.05) is 49.0 Å². The van der Waals surface area contributed by atoms with Crippen molar-refractivity contribution in [2.75, 3.05) is 7.05 Å². The van der Waals surface area contributed by atoms with Gasteiger partial charge in [0.1, 0.15) is 6.26 Å². The topological polar surface area (TPSA) is 80.3 Å². The van der Waals surface area contributed by atoms with Crippen LogP contribution in [0.5, 0.6) is 0 Å². The van der Waals surface area contributed by atoms with E-state index in [1.54, 1.807) is 13.3 Å². The van der Waals surface area contributed by atoms with Crippen molar-refractivity contribution in [3.8, 4) is 11.5 Å². The molecule has 144 valence electrons. The Morgan fingerprint density at radius 2 is 1.85 bits per heavy atom. The Bertz CT molecular complexity index is 900. The first kappa shape index (κ1) is 20.9. The first-order chi connectivity index (χ1) is 12.6. The number of hydrogen-bond acceptors (Lipinski definition) is 4. The van der Waals surface area contributed by atoms with Crippen LogP contribution < -0.4 is 10.6 Å². The van der Waals surface area contributed by atoms with Crippen molar-refractivity contribution < 1.29 is 4.42 Å². The van der Waals surface area contributed by atoms with E-state index >= 15 is 0 Å². The van der Waals surface area contributed by atoms with Crippen molar-refractivity contribution >= 4 is 29.9 Å². The zero-order valence-electron chi connectivity index (χ0n) is 16.0. The number of aliphatic imine (C=N–C) groups is 1. The van der Waals surface area contributed by atoms with Gasteiger partial charge in [-0.05, 0) is 26.0 Å². The van der Waals surface area contributed by atoms with Gasteiger partial charge in [0.05, 0.1) is 17.9 Å². The smallest absolute Gasteiger partial charge is 0.226 e. The molecule has 0 amide bonds. The van der Waals surface area contributed by atoms with Crippen LogP contribution in [0.25, 0.3) is 11.5 Å². The first-order valence-corrected chi connectivity index (χ1v) is 8.52. The lowest BCUT2D eigenvalue weighted by Crippen LogP contribution is -2.36. The number of halogens is 1. The summed E-state index contributed by atoms with van der Waals surface area (Å²) in [6.07, 6.45) is 1.66. The molecule has 2 heterocycles. The van der Waals surface area contributed by atoms with Crippen LogP contribution in [0.4, 0.5) is 0 Å². The maximum Gasteiger partial charge on any atom is 0.226 e. The van der Waals surface area contributed by atoms with Crippen molar-refractivity contribution in [3.63, 3.8) is 0 Å². The minimum Gasteiger partial charge on any atom is -0.444 e. The van der Waals surface area contributed by atoms with Gasteiger partial charge >= 0.3 is 0 Å². The molecule has 2 N–H and O–H groups in total. The molecule has 0 saturated heterocycles. The Kier molecular flexibility index (Phi) is 7.40. The second-order valence-corrected chi connectivity index (χ2v) is 6.06. The van der Waals surface area contributed by atoms with Crippen molar-refractivity contribution in [3.05, 3.63) is 59.2 Å². The van der Waals surface area contributed by atoms with Crippen LogP contribution in [0.3, 0.4) is 0 Å². The average molecular weight is 480 g/mol. The number of oxazole rings is 1. The highest BCUT2D eigenvalue weighted by Crippen LogP contribution is 2.17. The van der Waals surface area contributed by atoms with E-state index in [0.29, 0.717) is 24.9 Å². The molecule has 0 fully saturated rings. The highest BCUT2D eigenvalue weighted by Gasteiger charge is 2.10. The van der Waals surface area contributed by atoms with E-state index < -0.39 is 0 Å². The molecular formula is C19H25IN6O. The second-order valence-electron chi connectivity index (χ2n) is 6.06. The SMILES string of the molecule is CN=C(NCc1coc(-c2ccccc2)n1)NCc1c(C)nn(C)c1C.I. The van der Waals surface area contributed by atoms with Crippen LogP contribution in [-0.4, -0.2) is 27.8 Å². The molecule has 0 aliphatic heterocycles. The molecule has 1 aromatic carbocycles. The van der Waals surface area contributed by atoms with E-state index in [0.717, 1.165) is 22.6 Å². The second kappa shape index (κ2) is 9.54. The van der Waals surface area contributed by atoms with Crippen LogP contribution in [0.15, 0.2) is 46.0 Å². The van der Waals surface area contributed by atoms with E-state index in [1.165, 1.54) is 5.56 Å². The third-order valence-corrected chi connectivity index (χ3v) is 4.32. The van der Waals surface area contributed by atoms with Gasteiger partial charge in [0.15, 0.2) is 5.96 Å². The highest BCUT2D eigenvalue weighted by molar-refractivity contribution is 14.0. The molecule has 0 radical (unpaired) electrons. The van der Waals surface area contributed by atoms with Gasteiger partial charge in [0, 0.05) is 37.5 Å². The number of rotatable bonds is 5. The Balaban J connectivity index is 0.00000261. The minimum atomic E-state index is 0. The summed E-state index contributed by atoms with van der Waals surface area (Å²) in [5.41, 5.74) is 5.14. The van der Waals surface area contributed by atoms with Crippen molar-refractivity contribution in [2.24, 2.45) is 12.0 Å². The minimum absolute atomic E-state index is 0. The third-order valence-electron chi connectivity index (χ3n) is 4.32. The number of aromatic nitrogens is 3. The van der Waals surface area contributed by atoms with Crippen molar-refractivity contribution in [1.29, 1.82) is 0 Å². The molecule has 2 aromatic heterocycles. The fraction of sp³-hybridized carbons (Fsp3) is 0.316. The van der Waals surface area contributed by atoms with Gasteiger partial charge in [-0.15, -0.1) is 24.0 Å². The molecule has 3 aromatic rings. The summed E-state index contributed by atoms with van der Waals surface area (Å²) >= 11 is 0. The monoisotopic (exact) mass is 480 g/mol. The molecule has 0 saturated carbocycles. The summed E-state index contributed by atoms with van der Waals surface area (Å²) in [6, 6.07) is 9.84. The van der Waals surface area contributed by atoms with Gasteiger partial charge < -0.3 is 15.1 Å². The van der Waals surface area contributed by atoms with E-state index in [2.05, 4.69) is 32.6 Å². The Morgan fingerprint density at radius 3 is 2.48 bits per heavy atom. The lowest BCUT2D eigenvalue weighted by Gasteiger charge is -2.11. The number of nitrogens with zero attached hydrogens (tertiary/aromatic N) is 4. The Morgan fingerprint density at radius 1 is 1.15 bits per heavy atom. The Labute approximate surface area is 176 Å². The molecule has 3 rings (SSSR count). The number of hydrogen-bond donors (Lipinski definition) is 2. The fourth-order valence-corrected chi connectivity index (χ4v) is 2.74. The molecule has 0 unspecified atom stereocenters. The van der Waals surface area contributed by atoms with Gasteiger partial charge in [-0.25, -0.2) is 4.98 Å². The van der Waals surface area contributed by atoms with Crippen LogP contribution in [0.1, 0.15) is 22.6 Å². The van der Waals surface area contributed by atoms with Crippen molar-refractivity contribution in [1.82, 2.24) is 25.4 Å². The van der Waals surface area contributed by atoms with Gasteiger partial charge in [0.2, 0.25) is 5.89 Å². The van der Waals surface area contributed by atoms with Gasteiger partial charge in [-0.1, -0.05) is 18.2 Å². The average Bonchev–Trinajstić information content (AvgIpc) is 3.22. The molecular weight excluding hydrogens is 455 g/mol. The normalized spacial score (nSPS) is 11.2. The zero-order valence-corrected chi connectivity index (χ0v) is 18.3. The third kappa shape index (κ3) is 5.09. The summed E-state index contributed by atoms with van der Waals surface area (Å²) in [5, 5.41) is 11.0. The molecule has 0 aliphatic carbocycles. The lowest BCUT2D eigenvalue weighted by molar-refractivity contribution is 0.572. The molecule has 7 nitrogen and oxygen atoms in total. The van der Waals surface area contributed by atoms with Crippen LogP contribution >= 0.6 is 24.0 Å². The standard InChI is InChI=1S/C19H24N6O.HI/c1-13-17(14(2)25(4)24-13)11-22-19(20-3)21-10-16-12-26-18(23-16)15-8-6-5-7-9-15;/h5-9,12H,10-11H2,1-4H3,(H2,20,21,22);1H. The predicted molar refractivity (Wildman–Crippen MR) is 117 cm³/mol. The number of aryl methyl sites for hydroxylation is 2. The first-order valence-electron chi connectivity index (χ1n) is 8.52. The molecule has 0 spiro atoms. The summed E-state index contributed by atoms with van der Waals surface area (Å²) in [7, 11) is 3.70. The van der Waals surface area contributed by atoms with E-state index in [9.17, 15) is 0 Å². The fourth-order valence-electron chi connectivity index (χ4n) is 2.74.